The van der Waals surface area contributed by atoms with E-state index in [9.17, 15) is 9.59 Å². The summed E-state index contributed by atoms with van der Waals surface area (Å²) in [6, 6.07) is 0. The van der Waals surface area contributed by atoms with E-state index in [0.29, 0.717) is 12.8 Å². The van der Waals surface area contributed by atoms with E-state index in [4.69, 9.17) is 0 Å². The maximum Gasteiger partial charge on any atom is 0.257 e. The Morgan fingerprint density at radius 2 is 2.13 bits per heavy atom. The van der Waals surface area contributed by atoms with E-state index in [2.05, 4.69) is 12.0 Å². The second-order valence-corrected chi connectivity index (χ2v) is 3.65. The monoisotopic (exact) mass is 208 g/mol. The van der Waals surface area contributed by atoms with Crippen LogP contribution in [0, 0.1) is 5.41 Å². The molecule has 4 nitrogen and oxygen atoms in total. The lowest BCUT2D eigenvalue weighted by Crippen LogP contribution is -2.35. The van der Waals surface area contributed by atoms with Crippen molar-refractivity contribution in [3.8, 4) is 0 Å². The van der Waals surface area contributed by atoms with Gasteiger partial charge in [0.25, 0.3) is 11.8 Å². The molecule has 82 valence electrons. The number of carbonyl (C=O) groups is 2. The van der Waals surface area contributed by atoms with Crippen molar-refractivity contribution in [3.05, 3.63) is 24.8 Å². The number of amides is 2. The zero-order valence-electron chi connectivity index (χ0n) is 9.12. The lowest BCUT2D eigenvalue weighted by molar-refractivity contribution is -0.138. The number of hydrogen-bond acceptors (Lipinski definition) is 2. The Bertz CT molecular complexity index is 323. The van der Waals surface area contributed by atoms with E-state index < -0.39 is 5.41 Å². The lowest BCUT2D eigenvalue weighted by atomic mass is 9.80. The normalized spacial score (nSPS) is 26.1. The fourth-order valence-electron chi connectivity index (χ4n) is 1.74. The molecule has 1 aliphatic rings. The third-order valence-corrected chi connectivity index (χ3v) is 2.61. The van der Waals surface area contributed by atoms with Gasteiger partial charge in [-0.15, -0.1) is 6.58 Å². The molecule has 0 radical (unpaired) electrons. The average molecular weight is 208 g/mol. The molecular formula is C11H16N2O2. The van der Waals surface area contributed by atoms with Crippen molar-refractivity contribution in [1.82, 2.24) is 10.4 Å². The molecule has 1 heterocycles. The highest BCUT2D eigenvalue weighted by Gasteiger charge is 2.51. The molecule has 1 rings (SSSR count). The van der Waals surface area contributed by atoms with Crippen LogP contribution in [0.2, 0.25) is 0 Å². The second-order valence-electron chi connectivity index (χ2n) is 3.65. The summed E-state index contributed by atoms with van der Waals surface area (Å²) in [7, 11) is 1.56. The molecule has 15 heavy (non-hydrogen) atoms. The van der Waals surface area contributed by atoms with Gasteiger partial charge in [-0.3, -0.25) is 20.0 Å². The first-order valence-corrected chi connectivity index (χ1v) is 4.90. The Kier molecular flexibility index (Phi) is 3.29. The summed E-state index contributed by atoms with van der Waals surface area (Å²) in [6.45, 7) is 5.46. The SMILES string of the molecule is C=CCC1(C/C=C/C)C(=O)NN(C)C1=O. The summed E-state index contributed by atoms with van der Waals surface area (Å²) in [5, 5.41) is 1.25. The Morgan fingerprint density at radius 3 is 2.53 bits per heavy atom. The summed E-state index contributed by atoms with van der Waals surface area (Å²) >= 11 is 0. The number of allylic oxidation sites excluding steroid dienone is 3. The average Bonchev–Trinajstić information content (AvgIpc) is 2.41. The van der Waals surface area contributed by atoms with Crippen LogP contribution in [0.4, 0.5) is 0 Å². The van der Waals surface area contributed by atoms with Gasteiger partial charge in [-0.05, 0) is 19.8 Å². The first-order chi connectivity index (χ1) is 7.08. The van der Waals surface area contributed by atoms with Gasteiger partial charge in [0.2, 0.25) is 0 Å². The highest BCUT2D eigenvalue weighted by Crippen LogP contribution is 2.34. The van der Waals surface area contributed by atoms with E-state index in [1.165, 1.54) is 5.01 Å². The van der Waals surface area contributed by atoms with Gasteiger partial charge < -0.3 is 0 Å². The zero-order chi connectivity index (χ0) is 11.5. The number of rotatable bonds is 4. The van der Waals surface area contributed by atoms with Gasteiger partial charge >= 0.3 is 0 Å². The van der Waals surface area contributed by atoms with Crippen LogP contribution in [0.25, 0.3) is 0 Å². The standard InChI is InChI=1S/C11H16N2O2/c1-4-6-8-11(7-5-2)9(14)12-13(3)10(11)15/h4-6H,2,7-8H2,1,3H3,(H,12,14)/b6-4+. The van der Waals surface area contributed by atoms with Crippen molar-refractivity contribution < 1.29 is 9.59 Å². The summed E-state index contributed by atoms with van der Waals surface area (Å²) in [5.41, 5.74) is 1.53. The topological polar surface area (TPSA) is 49.4 Å². The number of nitrogens with one attached hydrogen (secondary N) is 1. The first-order valence-electron chi connectivity index (χ1n) is 4.90. The minimum Gasteiger partial charge on any atom is -0.272 e. The Morgan fingerprint density at radius 1 is 1.47 bits per heavy atom. The number of nitrogens with zero attached hydrogens (tertiary/aromatic N) is 1. The van der Waals surface area contributed by atoms with Gasteiger partial charge in [0, 0.05) is 7.05 Å². The molecule has 1 fully saturated rings. The van der Waals surface area contributed by atoms with Crippen LogP contribution >= 0.6 is 0 Å². The second kappa shape index (κ2) is 4.29. The van der Waals surface area contributed by atoms with Crippen molar-refractivity contribution in [2.45, 2.75) is 19.8 Å². The Hall–Kier alpha value is -1.58. The molecule has 0 aliphatic carbocycles. The molecular weight excluding hydrogens is 192 g/mol. The third-order valence-electron chi connectivity index (χ3n) is 2.61. The summed E-state index contributed by atoms with van der Waals surface area (Å²) in [6.07, 6.45) is 6.07. The highest BCUT2D eigenvalue weighted by molar-refractivity contribution is 6.09. The van der Waals surface area contributed by atoms with Crippen molar-refractivity contribution >= 4 is 11.8 Å². The van der Waals surface area contributed by atoms with E-state index in [1.54, 1.807) is 13.1 Å². The zero-order valence-corrected chi connectivity index (χ0v) is 9.12. The molecule has 0 aromatic carbocycles. The quantitative estimate of drug-likeness (QED) is 0.554. The molecule has 1 unspecified atom stereocenters. The summed E-state index contributed by atoms with van der Waals surface area (Å²) in [4.78, 5) is 23.7. The van der Waals surface area contributed by atoms with Gasteiger partial charge in [-0.25, -0.2) is 0 Å². The van der Waals surface area contributed by atoms with E-state index in [0.717, 1.165) is 0 Å². The van der Waals surface area contributed by atoms with Gasteiger partial charge in [0.05, 0.1) is 0 Å². The molecule has 0 saturated carbocycles. The van der Waals surface area contributed by atoms with Gasteiger partial charge in [-0.1, -0.05) is 18.2 Å². The van der Waals surface area contributed by atoms with Crippen molar-refractivity contribution in [1.29, 1.82) is 0 Å². The van der Waals surface area contributed by atoms with Crippen LogP contribution in [0.3, 0.4) is 0 Å². The molecule has 2 amide bonds. The Labute approximate surface area is 89.6 Å². The maximum atomic E-state index is 11.9. The predicted octanol–water partition coefficient (Wildman–Crippen LogP) is 1.02. The molecule has 0 bridgehead atoms. The molecule has 1 saturated heterocycles. The highest BCUT2D eigenvalue weighted by atomic mass is 16.2. The largest absolute Gasteiger partial charge is 0.272 e. The van der Waals surface area contributed by atoms with Crippen LogP contribution < -0.4 is 5.43 Å². The van der Waals surface area contributed by atoms with Crippen LogP contribution in [0.15, 0.2) is 24.8 Å². The molecule has 4 heteroatoms. The van der Waals surface area contributed by atoms with E-state index in [-0.39, 0.29) is 11.8 Å². The fraction of sp³-hybridized carbons (Fsp3) is 0.455. The molecule has 0 aromatic rings. The molecule has 1 aliphatic heterocycles. The number of carbonyl (C=O) groups excluding carboxylic acids is 2. The number of hydrazine groups is 1. The minimum absolute atomic E-state index is 0.189. The first kappa shape index (κ1) is 11.5. The summed E-state index contributed by atoms with van der Waals surface area (Å²) < 4.78 is 0. The maximum absolute atomic E-state index is 11.9. The predicted molar refractivity (Wildman–Crippen MR) is 57.6 cm³/mol. The fourth-order valence-corrected chi connectivity index (χ4v) is 1.74. The van der Waals surface area contributed by atoms with Crippen molar-refractivity contribution in [2.24, 2.45) is 5.41 Å². The third kappa shape index (κ3) is 1.79. The smallest absolute Gasteiger partial charge is 0.257 e. The van der Waals surface area contributed by atoms with E-state index >= 15 is 0 Å². The molecule has 1 atom stereocenters. The minimum atomic E-state index is -0.983. The molecule has 0 spiro atoms. The van der Waals surface area contributed by atoms with Gasteiger partial charge in [0.15, 0.2) is 0 Å². The lowest BCUT2D eigenvalue weighted by Gasteiger charge is -2.19. The van der Waals surface area contributed by atoms with Crippen molar-refractivity contribution in [2.75, 3.05) is 7.05 Å². The molecule has 0 aromatic heterocycles. The summed E-state index contributed by atoms with van der Waals surface area (Å²) in [5.74, 6) is -0.432. The van der Waals surface area contributed by atoms with Gasteiger partial charge in [-0.2, -0.15) is 0 Å². The molecule has 1 N–H and O–H groups in total. The number of hydrogen-bond donors (Lipinski definition) is 1. The van der Waals surface area contributed by atoms with Gasteiger partial charge in [0.1, 0.15) is 5.41 Å². The van der Waals surface area contributed by atoms with Crippen molar-refractivity contribution in [3.63, 3.8) is 0 Å². The van der Waals surface area contributed by atoms with Crippen LogP contribution in [0.1, 0.15) is 19.8 Å². The van der Waals surface area contributed by atoms with Crippen LogP contribution in [-0.2, 0) is 9.59 Å². The Balaban J connectivity index is 3.02. The van der Waals surface area contributed by atoms with Crippen LogP contribution in [0.5, 0.6) is 0 Å². The van der Waals surface area contributed by atoms with E-state index in [1.807, 2.05) is 19.1 Å². The van der Waals surface area contributed by atoms with Crippen LogP contribution in [-0.4, -0.2) is 23.9 Å².